The van der Waals surface area contributed by atoms with Gasteiger partial charge in [-0.25, -0.2) is 0 Å². The van der Waals surface area contributed by atoms with E-state index in [-0.39, 0.29) is 11.3 Å². The summed E-state index contributed by atoms with van der Waals surface area (Å²) in [6.45, 7) is 7.45. The van der Waals surface area contributed by atoms with Gasteiger partial charge in [-0.15, -0.1) is 0 Å². The van der Waals surface area contributed by atoms with Crippen LogP contribution < -0.4 is 0 Å². The maximum atomic E-state index is 12.5. The van der Waals surface area contributed by atoms with E-state index in [9.17, 15) is 9.90 Å². The minimum atomic E-state index is -0.487. The number of carbonyl (C=O) groups is 1. The SMILES string of the molecule is CCC1(O)CCC12CCN(C(=O)CCc1c(C)noc1C)CC2. The van der Waals surface area contributed by atoms with Crippen molar-refractivity contribution in [3.8, 4) is 0 Å². The van der Waals surface area contributed by atoms with Gasteiger partial charge >= 0.3 is 0 Å². The molecule has 1 atom stereocenters. The van der Waals surface area contributed by atoms with Crippen LogP contribution in [0.2, 0.25) is 0 Å². The van der Waals surface area contributed by atoms with Crippen molar-refractivity contribution in [1.29, 1.82) is 0 Å². The highest BCUT2D eigenvalue weighted by molar-refractivity contribution is 5.76. The fraction of sp³-hybridized carbons (Fsp3) is 0.778. The second-order valence-electron chi connectivity index (χ2n) is 7.35. The first kappa shape index (κ1) is 16.5. The van der Waals surface area contributed by atoms with E-state index >= 15 is 0 Å². The van der Waals surface area contributed by atoms with E-state index in [1.807, 2.05) is 18.7 Å². The third kappa shape index (κ3) is 2.69. The van der Waals surface area contributed by atoms with Crippen molar-refractivity contribution in [2.24, 2.45) is 5.41 Å². The zero-order chi connectivity index (χ0) is 16.7. The second-order valence-corrected chi connectivity index (χ2v) is 7.35. The van der Waals surface area contributed by atoms with Crippen LogP contribution in [0.15, 0.2) is 4.52 Å². The highest BCUT2D eigenvalue weighted by Gasteiger charge is 2.57. The van der Waals surface area contributed by atoms with Gasteiger partial charge in [0.15, 0.2) is 0 Å². The smallest absolute Gasteiger partial charge is 0.222 e. The van der Waals surface area contributed by atoms with Gasteiger partial charge in [0.25, 0.3) is 0 Å². The topological polar surface area (TPSA) is 66.6 Å². The summed E-state index contributed by atoms with van der Waals surface area (Å²) in [5.41, 5.74) is 1.53. The van der Waals surface area contributed by atoms with E-state index in [4.69, 9.17) is 4.52 Å². The Morgan fingerprint density at radius 3 is 2.43 bits per heavy atom. The fourth-order valence-electron chi connectivity index (χ4n) is 4.47. The van der Waals surface area contributed by atoms with Crippen LogP contribution in [-0.2, 0) is 11.2 Å². The van der Waals surface area contributed by atoms with Crippen molar-refractivity contribution in [2.75, 3.05) is 13.1 Å². The lowest BCUT2D eigenvalue weighted by atomic mass is 9.51. The molecule has 2 aliphatic rings. The Morgan fingerprint density at radius 2 is 1.96 bits per heavy atom. The first-order chi connectivity index (χ1) is 10.9. The number of aryl methyl sites for hydroxylation is 2. The average Bonchev–Trinajstić information content (AvgIpc) is 2.89. The quantitative estimate of drug-likeness (QED) is 0.926. The Morgan fingerprint density at radius 1 is 1.26 bits per heavy atom. The summed E-state index contributed by atoms with van der Waals surface area (Å²) in [4.78, 5) is 14.4. The van der Waals surface area contributed by atoms with E-state index in [0.29, 0.717) is 12.8 Å². The van der Waals surface area contributed by atoms with Crippen LogP contribution in [0.25, 0.3) is 0 Å². The Hall–Kier alpha value is -1.36. The van der Waals surface area contributed by atoms with Gasteiger partial charge in [0, 0.05) is 30.5 Å². The number of hydrogen-bond acceptors (Lipinski definition) is 4. The number of amides is 1. The summed E-state index contributed by atoms with van der Waals surface area (Å²) in [5.74, 6) is 1.02. The Balaban J connectivity index is 1.53. The Kier molecular flexibility index (Phi) is 4.25. The number of carbonyl (C=O) groups excluding carboxylic acids is 1. The summed E-state index contributed by atoms with van der Waals surface area (Å²) in [5, 5.41) is 14.6. The van der Waals surface area contributed by atoms with Crippen molar-refractivity contribution in [3.05, 3.63) is 17.0 Å². The first-order valence-corrected chi connectivity index (χ1v) is 8.83. The molecule has 1 spiro atoms. The number of aliphatic hydroxyl groups is 1. The molecule has 5 nitrogen and oxygen atoms in total. The standard InChI is InChI=1S/C18H28N2O3/c1-4-18(22)8-7-17(18)9-11-20(12-10-17)16(21)6-5-15-13(2)19-23-14(15)3/h22H,4-12H2,1-3H3. The van der Waals surface area contributed by atoms with Crippen LogP contribution in [0.1, 0.15) is 62.5 Å². The Bertz CT molecular complexity index is 564. The molecular formula is C18H28N2O3. The van der Waals surface area contributed by atoms with Crippen molar-refractivity contribution in [2.45, 2.75) is 71.3 Å². The highest BCUT2D eigenvalue weighted by Crippen LogP contribution is 2.57. The molecule has 5 heteroatoms. The lowest BCUT2D eigenvalue weighted by molar-refractivity contribution is -0.192. The van der Waals surface area contributed by atoms with Crippen LogP contribution in [0.3, 0.4) is 0 Å². The molecule has 1 aromatic heterocycles. The van der Waals surface area contributed by atoms with Crippen molar-refractivity contribution in [3.63, 3.8) is 0 Å². The molecular weight excluding hydrogens is 292 g/mol. The van der Waals surface area contributed by atoms with Gasteiger partial charge in [0.05, 0.1) is 11.3 Å². The summed E-state index contributed by atoms with van der Waals surface area (Å²) >= 11 is 0. The molecule has 0 radical (unpaired) electrons. The van der Waals surface area contributed by atoms with E-state index in [2.05, 4.69) is 12.1 Å². The van der Waals surface area contributed by atoms with Crippen molar-refractivity contribution >= 4 is 5.91 Å². The van der Waals surface area contributed by atoms with Gasteiger partial charge in [0.2, 0.25) is 5.91 Å². The number of hydrogen-bond donors (Lipinski definition) is 1. The van der Waals surface area contributed by atoms with Crippen LogP contribution in [0, 0.1) is 19.3 Å². The molecule has 1 unspecified atom stereocenters. The molecule has 128 valence electrons. The van der Waals surface area contributed by atoms with Gasteiger partial charge in [-0.1, -0.05) is 12.1 Å². The number of rotatable bonds is 4. The number of likely N-dealkylation sites (tertiary alicyclic amines) is 1. The van der Waals surface area contributed by atoms with Gasteiger partial charge in [-0.3, -0.25) is 4.79 Å². The van der Waals surface area contributed by atoms with Crippen molar-refractivity contribution in [1.82, 2.24) is 10.1 Å². The first-order valence-electron chi connectivity index (χ1n) is 8.83. The Labute approximate surface area is 138 Å². The van der Waals surface area contributed by atoms with Crippen LogP contribution in [0.5, 0.6) is 0 Å². The third-order valence-electron chi connectivity index (χ3n) is 6.43. The van der Waals surface area contributed by atoms with Crippen LogP contribution >= 0.6 is 0 Å². The maximum Gasteiger partial charge on any atom is 0.222 e. The lowest BCUT2D eigenvalue weighted by Crippen LogP contribution is -2.61. The summed E-state index contributed by atoms with van der Waals surface area (Å²) in [6, 6.07) is 0. The zero-order valence-corrected chi connectivity index (χ0v) is 14.5. The average molecular weight is 320 g/mol. The highest BCUT2D eigenvalue weighted by atomic mass is 16.5. The lowest BCUT2D eigenvalue weighted by Gasteiger charge is -2.59. The van der Waals surface area contributed by atoms with E-state index in [1.165, 1.54) is 0 Å². The predicted molar refractivity (Wildman–Crippen MR) is 87.0 cm³/mol. The number of nitrogens with zero attached hydrogens (tertiary/aromatic N) is 2. The second kappa shape index (κ2) is 5.93. The van der Waals surface area contributed by atoms with Gasteiger partial charge in [0.1, 0.15) is 5.76 Å². The molecule has 2 heterocycles. The largest absolute Gasteiger partial charge is 0.389 e. The molecule has 1 N–H and O–H groups in total. The predicted octanol–water partition coefficient (Wildman–Crippen LogP) is 2.77. The minimum Gasteiger partial charge on any atom is -0.389 e. The zero-order valence-electron chi connectivity index (χ0n) is 14.5. The molecule has 23 heavy (non-hydrogen) atoms. The molecule has 1 saturated carbocycles. The third-order valence-corrected chi connectivity index (χ3v) is 6.43. The monoisotopic (exact) mass is 320 g/mol. The molecule has 0 aromatic carbocycles. The van der Waals surface area contributed by atoms with Crippen LogP contribution in [0.4, 0.5) is 0 Å². The van der Waals surface area contributed by atoms with E-state index in [1.54, 1.807) is 0 Å². The molecule has 1 amide bonds. The van der Waals surface area contributed by atoms with Gasteiger partial charge in [-0.2, -0.15) is 0 Å². The fourth-order valence-corrected chi connectivity index (χ4v) is 4.47. The summed E-state index contributed by atoms with van der Waals surface area (Å²) in [6.07, 6.45) is 5.94. The van der Waals surface area contributed by atoms with E-state index < -0.39 is 5.60 Å². The molecule has 3 rings (SSSR count). The summed E-state index contributed by atoms with van der Waals surface area (Å²) < 4.78 is 5.16. The van der Waals surface area contributed by atoms with E-state index in [0.717, 1.165) is 62.2 Å². The summed E-state index contributed by atoms with van der Waals surface area (Å²) in [7, 11) is 0. The number of aromatic nitrogens is 1. The molecule has 1 saturated heterocycles. The normalized spacial score (nSPS) is 26.3. The van der Waals surface area contributed by atoms with Crippen molar-refractivity contribution < 1.29 is 14.4 Å². The number of piperidine rings is 1. The minimum absolute atomic E-state index is 0.0696. The van der Waals surface area contributed by atoms with Gasteiger partial charge in [-0.05, 0) is 52.4 Å². The molecule has 2 fully saturated rings. The van der Waals surface area contributed by atoms with Crippen LogP contribution in [-0.4, -0.2) is 39.8 Å². The molecule has 1 aliphatic heterocycles. The molecule has 1 aromatic rings. The molecule has 1 aliphatic carbocycles. The molecule has 0 bridgehead atoms. The maximum absolute atomic E-state index is 12.5. The van der Waals surface area contributed by atoms with Gasteiger partial charge < -0.3 is 14.5 Å².